The number of carbonyl (C=O) groups is 1. The Morgan fingerprint density at radius 2 is 2.04 bits per heavy atom. The van der Waals surface area contributed by atoms with E-state index in [1.54, 1.807) is 0 Å². The first-order valence-electron chi connectivity index (χ1n) is 8.97. The van der Waals surface area contributed by atoms with Crippen LogP contribution >= 0.6 is 0 Å². The number of primary amides is 1. The molecule has 0 aliphatic carbocycles. The molecule has 1 aliphatic rings. The van der Waals surface area contributed by atoms with Gasteiger partial charge in [0, 0.05) is 25.3 Å². The third-order valence-electron chi connectivity index (χ3n) is 4.79. The summed E-state index contributed by atoms with van der Waals surface area (Å²) < 4.78 is 0. The highest BCUT2D eigenvalue weighted by molar-refractivity contribution is 5.76. The summed E-state index contributed by atoms with van der Waals surface area (Å²) in [5, 5.41) is 12.4. The predicted molar refractivity (Wildman–Crippen MR) is 102 cm³/mol. The standard InChI is InChI=1S/C21H24N4O/c22-12-16-4-1-5-17(10-16)13-24-20-8-2-6-18(11-20)14-25-9-3-7-19(15-25)21(23)26/h1-2,4-6,8,10-11,19,24H,3,7,9,13-15H2,(H2,23,26). The number of nitrogens with two attached hydrogens (primary N) is 1. The fourth-order valence-electron chi connectivity index (χ4n) is 3.42. The van der Waals surface area contributed by atoms with Gasteiger partial charge in [0.25, 0.3) is 0 Å². The average Bonchev–Trinajstić information content (AvgIpc) is 2.67. The number of carbonyl (C=O) groups excluding carboxylic acids is 1. The number of rotatable bonds is 6. The van der Waals surface area contributed by atoms with E-state index in [4.69, 9.17) is 11.0 Å². The summed E-state index contributed by atoms with van der Waals surface area (Å²) >= 11 is 0. The lowest BCUT2D eigenvalue weighted by Crippen LogP contribution is -2.40. The smallest absolute Gasteiger partial charge is 0.221 e. The van der Waals surface area contributed by atoms with Crippen LogP contribution in [-0.2, 0) is 17.9 Å². The molecule has 0 aromatic heterocycles. The van der Waals surface area contributed by atoms with Crippen LogP contribution in [0.25, 0.3) is 0 Å². The summed E-state index contributed by atoms with van der Waals surface area (Å²) in [7, 11) is 0. The van der Waals surface area contributed by atoms with Crippen molar-refractivity contribution >= 4 is 11.6 Å². The molecule has 3 N–H and O–H groups in total. The molecular formula is C21H24N4O. The van der Waals surface area contributed by atoms with E-state index in [0.717, 1.165) is 43.7 Å². The van der Waals surface area contributed by atoms with Crippen molar-refractivity contribution in [3.05, 3.63) is 65.2 Å². The Balaban J connectivity index is 1.59. The minimum absolute atomic E-state index is 0.0301. The molecule has 1 fully saturated rings. The SMILES string of the molecule is N#Cc1cccc(CNc2cccc(CN3CCCC(C(N)=O)C3)c2)c1. The van der Waals surface area contributed by atoms with Crippen LogP contribution in [0.2, 0.25) is 0 Å². The predicted octanol–water partition coefficient (Wildman–Crippen LogP) is 2.87. The normalized spacial score (nSPS) is 17.4. The van der Waals surface area contributed by atoms with Crippen molar-refractivity contribution in [2.24, 2.45) is 11.7 Å². The first kappa shape index (κ1) is 18.0. The fraction of sp³-hybridized carbons (Fsp3) is 0.333. The lowest BCUT2D eigenvalue weighted by Gasteiger charge is -2.31. The van der Waals surface area contributed by atoms with Crippen LogP contribution in [0.3, 0.4) is 0 Å². The van der Waals surface area contributed by atoms with Gasteiger partial charge in [-0.3, -0.25) is 9.69 Å². The van der Waals surface area contributed by atoms with Gasteiger partial charge in [-0.25, -0.2) is 0 Å². The summed E-state index contributed by atoms with van der Waals surface area (Å²) in [5.74, 6) is -0.220. The molecule has 1 amide bonds. The molecule has 26 heavy (non-hydrogen) atoms. The third kappa shape index (κ3) is 4.84. The minimum atomic E-state index is -0.190. The molecule has 0 saturated carbocycles. The molecule has 2 aromatic rings. The van der Waals surface area contributed by atoms with Gasteiger partial charge in [0.05, 0.1) is 17.6 Å². The molecule has 1 unspecified atom stereocenters. The van der Waals surface area contributed by atoms with E-state index in [2.05, 4.69) is 28.4 Å². The zero-order valence-corrected chi connectivity index (χ0v) is 14.8. The van der Waals surface area contributed by atoms with Gasteiger partial charge >= 0.3 is 0 Å². The van der Waals surface area contributed by atoms with E-state index in [9.17, 15) is 4.79 Å². The zero-order chi connectivity index (χ0) is 18.4. The number of nitriles is 1. The molecule has 5 heteroatoms. The Hall–Kier alpha value is -2.84. The van der Waals surface area contributed by atoms with Gasteiger partial charge in [0.15, 0.2) is 0 Å². The Bertz CT molecular complexity index is 812. The number of likely N-dealkylation sites (tertiary alicyclic amines) is 1. The highest BCUT2D eigenvalue weighted by atomic mass is 16.1. The van der Waals surface area contributed by atoms with Crippen LogP contribution in [0.5, 0.6) is 0 Å². The lowest BCUT2D eigenvalue weighted by atomic mass is 9.97. The van der Waals surface area contributed by atoms with Gasteiger partial charge in [-0.1, -0.05) is 24.3 Å². The second-order valence-corrected chi connectivity index (χ2v) is 6.84. The molecule has 0 bridgehead atoms. The van der Waals surface area contributed by atoms with Crippen LogP contribution in [0.15, 0.2) is 48.5 Å². The molecule has 1 aliphatic heterocycles. The second kappa shape index (κ2) is 8.50. The molecular weight excluding hydrogens is 324 g/mol. The summed E-state index contributed by atoms with van der Waals surface area (Å²) in [6, 6.07) is 18.1. The summed E-state index contributed by atoms with van der Waals surface area (Å²) in [5.41, 5.74) is 9.48. The van der Waals surface area contributed by atoms with Crippen molar-refractivity contribution < 1.29 is 4.79 Å². The number of nitrogens with one attached hydrogen (secondary N) is 1. The number of amides is 1. The Morgan fingerprint density at radius 3 is 2.85 bits per heavy atom. The van der Waals surface area contributed by atoms with Gasteiger partial charge < -0.3 is 11.1 Å². The number of piperidine rings is 1. The van der Waals surface area contributed by atoms with Crippen molar-refractivity contribution in [3.63, 3.8) is 0 Å². The van der Waals surface area contributed by atoms with E-state index in [1.807, 2.05) is 36.4 Å². The number of anilines is 1. The average molecular weight is 348 g/mol. The van der Waals surface area contributed by atoms with Gasteiger partial charge in [-0.05, 0) is 54.8 Å². The second-order valence-electron chi connectivity index (χ2n) is 6.84. The molecule has 0 radical (unpaired) electrons. The highest BCUT2D eigenvalue weighted by Crippen LogP contribution is 2.20. The molecule has 1 atom stereocenters. The van der Waals surface area contributed by atoms with Crippen LogP contribution in [0.4, 0.5) is 5.69 Å². The zero-order valence-electron chi connectivity index (χ0n) is 14.8. The maximum Gasteiger partial charge on any atom is 0.221 e. The van der Waals surface area contributed by atoms with E-state index in [0.29, 0.717) is 12.1 Å². The molecule has 1 heterocycles. The Morgan fingerprint density at radius 1 is 1.23 bits per heavy atom. The number of nitrogens with zero attached hydrogens (tertiary/aromatic N) is 2. The van der Waals surface area contributed by atoms with Gasteiger partial charge in [-0.2, -0.15) is 5.26 Å². The molecule has 134 valence electrons. The first-order chi connectivity index (χ1) is 12.6. The minimum Gasteiger partial charge on any atom is -0.381 e. The van der Waals surface area contributed by atoms with Crippen molar-refractivity contribution in [2.45, 2.75) is 25.9 Å². The van der Waals surface area contributed by atoms with Crippen molar-refractivity contribution in [3.8, 4) is 6.07 Å². The largest absolute Gasteiger partial charge is 0.381 e. The monoisotopic (exact) mass is 348 g/mol. The van der Waals surface area contributed by atoms with Crippen molar-refractivity contribution in [2.75, 3.05) is 18.4 Å². The van der Waals surface area contributed by atoms with Crippen LogP contribution in [-0.4, -0.2) is 23.9 Å². The van der Waals surface area contributed by atoms with E-state index < -0.39 is 0 Å². The third-order valence-corrected chi connectivity index (χ3v) is 4.79. The molecule has 5 nitrogen and oxygen atoms in total. The van der Waals surface area contributed by atoms with Gasteiger partial charge in [0.1, 0.15) is 0 Å². The van der Waals surface area contributed by atoms with Crippen molar-refractivity contribution in [1.29, 1.82) is 5.26 Å². The van der Waals surface area contributed by atoms with Crippen LogP contribution in [0, 0.1) is 17.2 Å². The summed E-state index contributed by atoms with van der Waals surface area (Å²) in [6.45, 7) is 3.24. The van der Waals surface area contributed by atoms with E-state index in [-0.39, 0.29) is 11.8 Å². The van der Waals surface area contributed by atoms with Crippen LogP contribution in [0.1, 0.15) is 29.5 Å². The summed E-state index contributed by atoms with van der Waals surface area (Å²) in [6.07, 6.45) is 1.91. The number of hydrogen-bond acceptors (Lipinski definition) is 4. The fourth-order valence-corrected chi connectivity index (χ4v) is 3.42. The molecule has 1 saturated heterocycles. The quantitative estimate of drug-likeness (QED) is 0.841. The van der Waals surface area contributed by atoms with E-state index in [1.165, 1.54) is 5.56 Å². The van der Waals surface area contributed by atoms with Crippen molar-refractivity contribution in [1.82, 2.24) is 4.90 Å². The first-order valence-corrected chi connectivity index (χ1v) is 8.97. The molecule has 3 rings (SSSR count). The molecule has 0 spiro atoms. The highest BCUT2D eigenvalue weighted by Gasteiger charge is 2.23. The molecule has 2 aromatic carbocycles. The van der Waals surface area contributed by atoms with Gasteiger partial charge in [-0.15, -0.1) is 0 Å². The summed E-state index contributed by atoms with van der Waals surface area (Å²) in [4.78, 5) is 13.7. The lowest BCUT2D eigenvalue weighted by molar-refractivity contribution is -0.123. The topological polar surface area (TPSA) is 82.2 Å². The maximum atomic E-state index is 11.4. The Kier molecular flexibility index (Phi) is 5.88. The van der Waals surface area contributed by atoms with E-state index >= 15 is 0 Å². The maximum absolute atomic E-state index is 11.4. The van der Waals surface area contributed by atoms with Crippen LogP contribution < -0.4 is 11.1 Å². The number of hydrogen-bond donors (Lipinski definition) is 2. The van der Waals surface area contributed by atoms with Gasteiger partial charge in [0.2, 0.25) is 5.91 Å². The Labute approximate surface area is 154 Å². The number of benzene rings is 2.